The lowest BCUT2D eigenvalue weighted by atomic mass is 10.1. The Balaban J connectivity index is 0.000000212. The highest BCUT2D eigenvalue weighted by molar-refractivity contribution is 7.89. The normalized spacial score (nSPS) is 15.6. The first-order valence-corrected chi connectivity index (χ1v) is 27.2. The number of fused-ring (bicyclic) bond motifs is 2. The minimum absolute atomic E-state index is 0.147. The van der Waals surface area contributed by atoms with Gasteiger partial charge >= 0.3 is 0 Å². The van der Waals surface area contributed by atoms with Crippen molar-refractivity contribution in [3.63, 3.8) is 0 Å². The molecule has 0 saturated carbocycles. The van der Waals surface area contributed by atoms with Gasteiger partial charge in [-0.2, -0.15) is 18.8 Å². The third-order valence-electron chi connectivity index (χ3n) is 11.7. The largest absolute Gasteiger partial charge is 0.759 e. The molecule has 0 bridgehead atoms. The van der Waals surface area contributed by atoms with E-state index in [9.17, 15) is 26.4 Å². The highest BCUT2D eigenvalue weighted by Crippen LogP contribution is 2.34. The second-order valence-electron chi connectivity index (χ2n) is 16.9. The second-order valence-corrected chi connectivity index (χ2v) is 21.6. The van der Waals surface area contributed by atoms with E-state index in [-0.39, 0.29) is 32.6 Å². The molecule has 6 aromatic rings. The fourth-order valence-corrected chi connectivity index (χ4v) is 11.1. The van der Waals surface area contributed by atoms with Crippen LogP contribution in [0, 0.1) is 0 Å². The van der Waals surface area contributed by atoms with Crippen molar-refractivity contribution in [1.82, 2.24) is 57.9 Å². The van der Waals surface area contributed by atoms with Gasteiger partial charge in [-0.15, -0.1) is 0 Å². The van der Waals surface area contributed by atoms with E-state index in [1.807, 2.05) is 41.8 Å². The zero-order valence-electron chi connectivity index (χ0n) is 41.0. The number of ether oxygens (including phenoxy) is 2. The number of piperazine rings is 2. The quantitative estimate of drug-likeness (QED) is 0.116. The molecular weight excluding hydrogens is 985 g/mol. The zero-order chi connectivity index (χ0) is 52.0. The van der Waals surface area contributed by atoms with Crippen LogP contribution in [0.25, 0.3) is 44.8 Å². The molecule has 27 heteroatoms. The van der Waals surface area contributed by atoms with E-state index < -0.39 is 30.4 Å². The maximum atomic E-state index is 13.3. The SMILES string of the molecule is CCCc1nn(C)c2c(=O)[nH]c(-c3cc(S(=O)(=O)N4CCN(C)CC4)ccc3OCC)nc12.CCCc1nn(C)c2c(=O)[nH]c(-c3cc(S(=O)(=O)N4CCN(C)CC4)ccc3OCC)nc12.O=S(=O)([O-])[O-]. The summed E-state index contributed by atoms with van der Waals surface area (Å²) in [5.74, 6) is 1.44. The van der Waals surface area contributed by atoms with Crippen molar-refractivity contribution in [3.05, 3.63) is 68.5 Å². The van der Waals surface area contributed by atoms with Crippen LogP contribution in [-0.2, 0) is 57.4 Å². The molecule has 8 rings (SSSR count). The lowest BCUT2D eigenvalue weighted by molar-refractivity contribution is 0.222. The molecule has 0 spiro atoms. The van der Waals surface area contributed by atoms with Crippen molar-refractivity contribution in [2.75, 3.05) is 79.7 Å². The smallest absolute Gasteiger partial charge is 0.277 e. The molecule has 4 aromatic heterocycles. The van der Waals surface area contributed by atoms with Crippen molar-refractivity contribution in [2.45, 2.75) is 63.2 Å². The molecule has 2 aromatic carbocycles. The van der Waals surface area contributed by atoms with Crippen molar-refractivity contribution >= 4 is 52.5 Å². The van der Waals surface area contributed by atoms with Gasteiger partial charge in [0, 0.05) is 76.9 Å². The van der Waals surface area contributed by atoms with E-state index in [0.29, 0.717) is 123 Å². The topological polar surface area (TPSA) is 307 Å². The molecule has 71 heavy (non-hydrogen) atoms. The number of H-pyrrole nitrogens is 2. The molecule has 0 aliphatic carbocycles. The van der Waals surface area contributed by atoms with Crippen LogP contribution < -0.4 is 20.6 Å². The second kappa shape index (κ2) is 22.8. The van der Waals surface area contributed by atoms with Crippen molar-refractivity contribution < 1.29 is 43.8 Å². The summed E-state index contributed by atoms with van der Waals surface area (Å²) in [6, 6.07) is 9.43. The molecule has 2 N–H and O–H groups in total. The van der Waals surface area contributed by atoms with Crippen LogP contribution in [0.3, 0.4) is 0 Å². The van der Waals surface area contributed by atoms with Crippen LogP contribution >= 0.6 is 0 Å². The number of hydrogen-bond donors (Lipinski definition) is 2. The Kier molecular flexibility index (Phi) is 17.6. The number of hydrogen-bond acceptors (Lipinski definition) is 18. The molecule has 2 aliphatic rings. The average molecular weight is 1050 g/mol. The van der Waals surface area contributed by atoms with Gasteiger partial charge in [0.25, 0.3) is 11.1 Å². The standard InChI is InChI=1S/2C22H30N6O4S.H2O4S/c2*1-5-7-17-19-20(27(4)25-17)22(29)24-21(23-19)16-14-15(8-9-18(16)32-6-2)33(30,31)28-12-10-26(3)11-13-28;1-5(2,3)4/h2*8-9,14H,5-7,10-13H2,1-4H3,(H,23,24,29);(H2,1,2,3,4)/p-2. The van der Waals surface area contributed by atoms with E-state index in [1.54, 1.807) is 50.5 Å². The van der Waals surface area contributed by atoms with Crippen LogP contribution in [0.2, 0.25) is 0 Å². The Bertz CT molecular complexity index is 3110. The number of nitrogens with zero attached hydrogens (tertiary/aromatic N) is 10. The van der Waals surface area contributed by atoms with Crippen LogP contribution in [0.1, 0.15) is 51.9 Å². The number of sulfonamides is 2. The van der Waals surface area contributed by atoms with Gasteiger partial charge in [-0.25, -0.2) is 26.8 Å². The van der Waals surface area contributed by atoms with Crippen molar-refractivity contribution in [2.24, 2.45) is 14.1 Å². The third kappa shape index (κ3) is 12.7. The maximum absolute atomic E-state index is 13.3. The summed E-state index contributed by atoms with van der Waals surface area (Å²) in [6.07, 6.45) is 3.09. The number of rotatable bonds is 14. The molecule has 2 aliphatic heterocycles. The number of nitrogens with one attached hydrogen (secondary N) is 2. The lowest BCUT2D eigenvalue weighted by Crippen LogP contribution is -2.47. The Morgan fingerprint density at radius 1 is 0.563 bits per heavy atom. The highest BCUT2D eigenvalue weighted by Gasteiger charge is 2.31. The number of likely N-dealkylation sites (N-methyl/N-ethyl adjacent to an activating group) is 2. The van der Waals surface area contributed by atoms with Crippen LogP contribution in [0.15, 0.2) is 55.8 Å². The van der Waals surface area contributed by atoms with Gasteiger partial charge in [0.05, 0.1) is 45.5 Å². The molecule has 24 nitrogen and oxygen atoms in total. The summed E-state index contributed by atoms with van der Waals surface area (Å²) >= 11 is 0. The van der Waals surface area contributed by atoms with Gasteiger partial charge in [-0.1, -0.05) is 26.7 Å². The first kappa shape index (κ1) is 54.7. The van der Waals surface area contributed by atoms with E-state index in [0.717, 1.165) is 24.2 Å². The highest BCUT2D eigenvalue weighted by atomic mass is 32.3. The molecule has 0 amide bonds. The molecule has 0 radical (unpaired) electrons. The summed E-state index contributed by atoms with van der Waals surface area (Å²) in [5, 5.41) is 8.91. The zero-order valence-corrected chi connectivity index (χ0v) is 43.4. The summed E-state index contributed by atoms with van der Waals surface area (Å²) in [6.45, 7) is 13.0. The molecular formula is C44H60N12O12S3-2. The molecule has 388 valence electrons. The average Bonchev–Trinajstić information content (AvgIpc) is 3.81. The summed E-state index contributed by atoms with van der Waals surface area (Å²) in [5.41, 5.74) is 3.49. The van der Waals surface area contributed by atoms with Gasteiger partial charge in [-0.3, -0.25) is 27.4 Å². The molecule has 2 fully saturated rings. The van der Waals surface area contributed by atoms with Crippen LogP contribution in [0.5, 0.6) is 11.5 Å². The minimum Gasteiger partial charge on any atom is -0.759 e. The monoisotopic (exact) mass is 1040 g/mol. The fourth-order valence-electron chi connectivity index (χ4n) is 8.19. The van der Waals surface area contributed by atoms with Crippen LogP contribution in [0.4, 0.5) is 0 Å². The summed E-state index contributed by atoms with van der Waals surface area (Å²) in [7, 11) is -5.18. The third-order valence-corrected chi connectivity index (χ3v) is 15.5. The van der Waals surface area contributed by atoms with Crippen molar-refractivity contribution in [3.8, 4) is 34.3 Å². The molecule has 0 atom stereocenters. The Morgan fingerprint density at radius 3 is 1.21 bits per heavy atom. The predicted molar refractivity (Wildman–Crippen MR) is 262 cm³/mol. The fraction of sp³-hybridized carbons (Fsp3) is 0.500. The number of aryl methyl sites for hydroxylation is 4. The minimum atomic E-state index is -5.17. The Labute approximate surface area is 412 Å². The van der Waals surface area contributed by atoms with E-state index in [2.05, 4.69) is 30.0 Å². The van der Waals surface area contributed by atoms with Crippen molar-refractivity contribution in [1.29, 1.82) is 0 Å². The maximum Gasteiger partial charge on any atom is 0.277 e. The number of aromatic amines is 2. The van der Waals surface area contributed by atoms with Gasteiger partial charge in [0.1, 0.15) is 34.2 Å². The first-order chi connectivity index (χ1) is 33.5. The van der Waals surface area contributed by atoms with E-state index >= 15 is 0 Å². The first-order valence-electron chi connectivity index (χ1n) is 23.0. The lowest BCUT2D eigenvalue weighted by Gasteiger charge is -2.31. The van der Waals surface area contributed by atoms with E-state index in [4.69, 9.17) is 37.0 Å². The molecule has 2 saturated heterocycles. The van der Waals surface area contributed by atoms with Gasteiger partial charge in [0.2, 0.25) is 20.0 Å². The predicted octanol–water partition coefficient (Wildman–Crippen LogP) is 1.88. The summed E-state index contributed by atoms with van der Waals surface area (Å²) in [4.78, 5) is 45.3. The van der Waals surface area contributed by atoms with Gasteiger partial charge in [0.15, 0.2) is 11.0 Å². The molecule has 6 heterocycles. The Morgan fingerprint density at radius 2 is 0.901 bits per heavy atom. The number of benzene rings is 2. The van der Waals surface area contributed by atoms with Crippen LogP contribution in [-0.4, -0.2) is 172 Å². The van der Waals surface area contributed by atoms with Gasteiger partial charge in [-0.05, 0) is 77.2 Å². The summed E-state index contributed by atoms with van der Waals surface area (Å²) < 4.78 is 105. The van der Waals surface area contributed by atoms with E-state index in [1.165, 1.54) is 18.0 Å². The van der Waals surface area contributed by atoms with Gasteiger partial charge < -0.3 is 38.3 Å². The molecule has 0 unspecified atom stereocenters. The Hall–Kier alpha value is -5.65. The number of aromatic nitrogens is 8.